The number of hydrogen-bond donors (Lipinski definition) is 1. The van der Waals surface area contributed by atoms with Gasteiger partial charge in [-0.15, -0.1) is 0 Å². The molecular formula is C34H32ClF3N2O6S2. The van der Waals surface area contributed by atoms with Crippen LogP contribution in [0.15, 0.2) is 65.6 Å². The van der Waals surface area contributed by atoms with Crippen LogP contribution < -0.4 is 9.47 Å². The molecule has 5 rings (SSSR count). The molecule has 1 amide bonds. The zero-order valence-corrected chi connectivity index (χ0v) is 28.0. The third kappa shape index (κ3) is 9.50. The molecule has 0 unspecified atom stereocenters. The van der Waals surface area contributed by atoms with Gasteiger partial charge in [-0.3, -0.25) is 19.4 Å². The van der Waals surface area contributed by atoms with E-state index in [9.17, 15) is 22.8 Å². The van der Waals surface area contributed by atoms with Crippen LogP contribution in [0.4, 0.5) is 13.2 Å². The monoisotopic (exact) mass is 720 g/mol. The Morgan fingerprint density at radius 3 is 2.58 bits per heavy atom. The van der Waals surface area contributed by atoms with E-state index in [0.29, 0.717) is 76.7 Å². The fourth-order valence-corrected chi connectivity index (χ4v) is 6.69. The predicted molar refractivity (Wildman–Crippen MR) is 182 cm³/mol. The van der Waals surface area contributed by atoms with E-state index < -0.39 is 17.7 Å². The first-order valence-electron chi connectivity index (χ1n) is 15.1. The van der Waals surface area contributed by atoms with Crippen molar-refractivity contribution in [3.63, 3.8) is 0 Å². The van der Waals surface area contributed by atoms with Crippen LogP contribution in [0.25, 0.3) is 17.2 Å². The molecule has 254 valence electrons. The van der Waals surface area contributed by atoms with E-state index >= 15 is 0 Å². The van der Waals surface area contributed by atoms with Gasteiger partial charge in [0, 0.05) is 42.3 Å². The quantitative estimate of drug-likeness (QED) is 0.114. The van der Waals surface area contributed by atoms with Gasteiger partial charge in [0.1, 0.15) is 22.4 Å². The smallest absolute Gasteiger partial charge is 0.416 e. The highest BCUT2D eigenvalue weighted by molar-refractivity contribution is 8.26. The molecule has 0 radical (unpaired) electrons. The van der Waals surface area contributed by atoms with Gasteiger partial charge in [0.25, 0.3) is 5.91 Å². The number of carbonyl (C=O) groups excluding carboxylic acids is 1. The molecule has 3 aromatic carbocycles. The topological polar surface area (TPSA) is 88.5 Å². The van der Waals surface area contributed by atoms with Gasteiger partial charge in [-0.1, -0.05) is 53.8 Å². The van der Waals surface area contributed by atoms with Crippen LogP contribution in [0.3, 0.4) is 0 Å². The Kier molecular flexibility index (Phi) is 12.0. The molecule has 0 aliphatic carbocycles. The molecule has 3 aromatic rings. The van der Waals surface area contributed by atoms with Crippen molar-refractivity contribution in [2.45, 2.75) is 19.0 Å². The molecule has 0 saturated carbocycles. The number of thioether (sulfide) groups is 1. The summed E-state index contributed by atoms with van der Waals surface area (Å²) in [4.78, 5) is 28.5. The number of nitrogens with zero attached hydrogens (tertiary/aromatic N) is 2. The number of rotatable bonds is 13. The van der Waals surface area contributed by atoms with Crippen LogP contribution in [-0.4, -0.2) is 83.7 Å². The summed E-state index contributed by atoms with van der Waals surface area (Å²) < 4.78 is 58.2. The van der Waals surface area contributed by atoms with Gasteiger partial charge < -0.3 is 19.3 Å². The second-order valence-corrected chi connectivity index (χ2v) is 13.1. The zero-order valence-electron chi connectivity index (χ0n) is 25.6. The van der Waals surface area contributed by atoms with E-state index in [4.69, 9.17) is 43.1 Å². The van der Waals surface area contributed by atoms with Crippen molar-refractivity contribution in [2.75, 3.05) is 52.6 Å². The number of alkyl halides is 3. The maximum Gasteiger partial charge on any atom is 0.416 e. The molecule has 0 bridgehead atoms. The number of carbonyl (C=O) groups is 2. The Morgan fingerprint density at radius 1 is 1.04 bits per heavy atom. The lowest BCUT2D eigenvalue weighted by atomic mass is 9.99. The first-order chi connectivity index (χ1) is 23.0. The largest absolute Gasteiger partial charge is 0.494 e. The molecule has 2 aliphatic heterocycles. The molecule has 48 heavy (non-hydrogen) atoms. The van der Waals surface area contributed by atoms with E-state index in [2.05, 4.69) is 4.90 Å². The van der Waals surface area contributed by atoms with Gasteiger partial charge in [-0.25, -0.2) is 0 Å². The molecule has 2 heterocycles. The van der Waals surface area contributed by atoms with Crippen molar-refractivity contribution in [2.24, 2.45) is 0 Å². The maximum atomic E-state index is 13.5. The number of thiocarbonyl (C=S) groups is 1. The maximum absolute atomic E-state index is 13.5. The molecule has 2 fully saturated rings. The van der Waals surface area contributed by atoms with Crippen molar-refractivity contribution in [1.29, 1.82) is 0 Å². The number of aliphatic carboxylic acids is 1. The second kappa shape index (κ2) is 16.2. The minimum absolute atomic E-state index is 0.114. The van der Waals surface area contributed by atoms with Gasteiger partial charge >= 0.3 is 12.1 Å². The highest BCUT2D eigenvalue weighted by Crippen LogP contribution is 2.39. The number of carboxylic acids is 1. The highest BCUT2D eigenvalue weighted by atomic mass is 35.5. The fourth-order valence-electron chi connectivity index (χ4n) is 5.16. The lowest BCUT2D eigenvalue weighted by Gasteiger charge is -2.26. The summed E-state index contributed by atoms with van der Waals surface area (Å²) in [5.41, 5.74) is 0.908. The number of carboxylic acid groups (broad SMARTS) is 1. The van der Waals surface area contributed by atoms with Crippen LogP contribution in [0.5, 0.6) is 11.5 Å². The molecule has 2 aliphatic rings. The number of ether oxygens (including phenoxy) is 3. The van der Waals surface area contributed by atoms with E-state index in [0.717, 1.165) is 37.0 Å². The van der Waals surface area contributed by atoms with E-state index in [1.54, 1.807) is 48.5 Å². The van der Waals surface area contributed by atoms with Crippen LogP contribution in [-0.2, 0) is 26.9 Å². The Balaban J connectivity index is 1.32. The standard InChI is InChI=1S/C34H32ClF3N2O6S2/c35-28-7-6-25(34(36,37)38)21-27(28)23-5-8-29(46-16-12-39-10-14-44-15-11-39)24(19-23)20-30-32(43)40(33(47)48-30)9-2-13-45-26-4-1-3-22(17-26)18-31(41)42/h1,3-8,17,19-21H,2,9-16,18H2,(H,41,42). The summed E-state index contributed by atoms with van der Waals surface area (Å²) in [6.07, 6.45) is -2.56. The van der Waals surface area contributed by atoms with Crippen LogP contribution >= 0.6 is 35.6 Å². The summed E-state index contributed by atoms with van der Waals surface area (Å²) in [6.45, 7) is 4.43. The van der Waals surface area contributed by atoms with Gasteiger partial charge in [-0.05, 0) is 66.1 Å². The molecule has 0 spiro atoms. The van der Waals surface area contributed by atoms with Crippen molar-refractivity contribution in [1.82, 2.24) is 9.80 Å². The third-order valence-electron chi connectivity index (χ3n) is 7.59. The lowest BCUT2D eigenvalue weighted by molar-refractivity contribution is -0.138. The summed E-state index contributed by atoms with van der Waals surface area (Å²) in [6, 6.07) is 14.9. The third-order valence-corrected chi connectivity index (χ3v) is 9.30. The number of morpholine rings is 1. The Hall–Kier alpha value is -3.62. The van der Waals surface area contributed by atoms with Gasteiger partial charge in [0.05, 0.1) is 36.7 Å². The molecule has 8 nitrogen and oxygen atoms in total. The van der Waals surface area contributed by atoms with E-state index in [1.807, 2.05) is 0 Å². The number of hydrogen-bond acceptors (Lipinski definition) is 8. The van der Waals surface area contributed by atoms with Gasteiger partial charge in [0.2, 0.25) is 0 Å². The summed E-state index contributed by atoms with van der Waals surface area (Å²) >= 11 is 13.0. The fraction of sp³-hybridized carbons (Fsp3) is 0.324. The van der Waals surface area contributed by atoms with Crippen LogP contribution in [0.1, 0.15) is 23.1 Å². The van der Waals surface area contributed by atoms with Crippen molar-refractivity contribution in [3.8, 4) is 22.6 Å². The highest BCUT2D eigenvalue weighted by Gasteiger charge is 2.33. The molecule has 0 aromatic heterocycles. The zero-order chi connectivity index (χ0) is 34.3. The minimum Gasteiger partial charge on any atom is -0.494 e. The molecule has 14 heteroatoms. The Labute approximate surface area is 290 Å². The van der Waals surface area contributed by atoms with Crippen molar-refractivity contribution in [3.05, 3.63) is 87.3 Å². The first-order valence-corrected chi connectivity index (χ1v) is 16.7. The van der Waals surface area contributed by atoms with Gasteiger partial charge in [-0.2, -0.15) is 13.2 Å². The molecule has 1 N–H and O–H groups in total. The summed E-state index contributed by atoms with van der Waals surface area (Å²) in [5.74, 6) is -0.262. The van der Waals surface area contributed by atoms with E-state index in [1.165, 1.54) is 11.0 Å². The minimum atomic E-state index is -4.55. The SMILES string of the molecule is O=C(O)Cc1cccc(OCCCN2C(=O)C(=Cc3cc(-c4cc(C(F)(F)F)ccc4Cl)ccc3OCCN3CCOCC3)SC2=S)c1. The molecule has 0 atom stereocenters. The second-order valence-electron chi connectivity index (χ2n) is 11.0. The number of halogens is 4. The Morgan fingerprint density at radius 2 is 1.83 bits per heavy atom. The van der Waals surface area contributed by atoms with Crippen LogP contribution in [0.2, 0.25) is 5.02 Å². The summed E-state index contributed by atoms with van der Waals surface area (Å²) in [5, 5.41) is 9.17. The Bertz CT molecular complexity index is 1700. The number of amides is 1. The van der Waals surface area contributed by atoms with Gasteiger partial charge in [0.15, 0.2) is 0 Å². The lowest BCUT2D eigenvalue weighted by Crippen LogP contribution is -2.38. The average Bonchev–Trinajstić information content (AvgIpc) is 3.31. The molecular weight excluding hydrogens is 689 g/mol. The van der Waals surface area contributed by atoms with Crippen LogP contribution in [0, 0.1) is 0 Å². The number of benzene rings is 3. The summed E-state index contributed by atoms with van der Waals surface area (Å²) in [7, 11) is 0. The normalized spacial score (nSPS) is 16.5. The molecule has 2 saturated heterocycles. The predicted octanol–water partition coefficient (Wildman–Crippen LogP) is 7.03. The van der Waals surface area contributed by atoms with E-state index in [-0.39, 0.29) is 29.5 Å². The van der Waals surface area contributed by atoms with Crippen molar-refractivity contribution >= 4 is 57.9 Å². The van der Waals surface area contributed by atoms with Crippen molar-refractivity contribution < 1.29 is 42.1 Å². The first kappa shape index (κ1) is 35.7. The average molecular weight is 721 g/mol.